The highest BCUT2D eigenvalue weighted by atomic mass is 16.5. The molecule has 1 heterocycles. The maximum Gasteiger partial charge on any atom is 0.355 e. The SMILES string of the molecule is CCOC(=O)c1[nH]c(C)c(C(=O)CN(CC)C(=O)CCC2CCCC2)c1C. The van der Waals surface area contributed by atoms with Gasteiger partial charge in [0.1, 0.15) is 5.69 Å². The van der Waals surface area contributed by atoms with Crippen molar-refractivity contribution in [2.45, 2.75) is 66.2 Å². The smallest absolute Gasteiger partial charge is 0.355 e. The summed E-state index contributed by atoms with van der Waals surface area (Å²) in [5, 5.41) is 0. The lowest BCUT2D eigenvalue weighted by Gasteiger charge is -2.21. The minimum Gasteiger partial charge on any atom is -0.461 e. The Kier molecular flexibility index (Phi) is 7.63. The third-order valence-electron chi connectivity index (χ3n) is 5.51. The van der Waals surface area contributed by atoms with E-state index in [2.05, 4.69) is 4.98 Å². The number of nitrogens with zero attached hydrogens (tertiary/aromatic N) is 1. The van der Waals surface area contributed by atoms with E-state index in [9.17, 15) is 14.4 Å². The van der Waals surface area contributed by atoms with Crippen molar-refractivity contribution in [3.63, 3.8) is 0 Å². The van der Waals surface area contributed by atoms with E-state index in [-0.39, 0.29) is 24.8 Å². The van der Waals surface area contributed by atoms with Gasteiger partial charge in [-0.1, -0.05) is 25.7 Å². The molecule has 1 aliphatic rings. The van der Waals surface area contributed by atoms with Crippen LogP contribution in [-0.2, 0) is 9.53 Å². The fraction of sp³-hybridized carbons (Fsp3) is 0.667. The van der Waals surface area contributed by atoms with Gasteiger partial charge in [0.15, 0.2) is 5.78 Å². The van der Waals surface area contributed by atoms with Crippen LogP contribution in [0.25, 0.3) is 0 Å². The van der Waals surface area contributed by atoms with Gasteiger partial charge in [-0.15, -0.1) is 0 Å². The number of likely N-dealkylation sites (N-methyl/N-ethyl adjacent to an activating group) is 1. The quantitative estimate of drug-likeness (QED) is 0.525. The fourth-order valence-corrected chi connectivity index (χ4v) is 3.99. The second kappa shape index (κ2) is 9.72. The summed E-state index contributed by atoms with van der Waals surface area (Å²) < 4.78 is 5.03. The Morgan fingerprint density at radius 1 is 1.15 bits per heavy atom. The van der Waals surface area contributed by atoms with Crippen molar-refractivity contribution in [1.82, 2.24) is 9.88 Å². The van der Waals surface area contributed by atoms with E-state index < -0.39 is 5.97 Å². The molecular weight excluding hydrogens is 344 g/mol. The molecule has 1 fully saturated rings. The standard InChI is InChI=1S/C21H32N2O4/c1-5-23(18(25)12-11-16-9-7-8-10-16)13-17(24)19-14(3)20(22-15(19)4)21(26)27-6-2/h16,22H,5-13H2,1-4H3. The number of nitrogens with one attached hydrogen (secondary N) is 1. The number of H-pyrrole nitrogens is 1. The van der Waals surface area contributed by atoms with Gasteiger partial charge < -0.3 is 14.6 Å². The van der Waals surface area contributed by atoms with Gasteiger partial charge in [-0.05, 0) is 45.6 Å². The number of hydrogen-bond acceptors (Lipinski definition) is 4. The first-order chi connectivity index (χ1) is 12.9. The van der Waals surface area contributed by atoms with E-state index in [1.807, 2.05) is 6.92 Å². The number of hydrogen-bond donors (Lipinski definition) is 1. The van der Waals surface area contributed by atoms with Crippen LogP contribution in [0.15, 0.2) is 0 Å². The lowest BCUT2D eigenvalue weighted by atomic mass is 10.0. The Hall–Kier alpha value is -2.11. The molecule has 0 atom stereocenters. The minimum atomic E-state index is -0.461. The molecule has 1 N–H and O–H groups in total. The number of rotatable bonds is 9. The Morgan fingerprint density at radius 3 is 2.41 bits per heavy atom. The molecule has 0 aromatic carbocycles. The topological polar surface area (TPSA) is 79.5 Å². The molecule has 0 aliphatic heterocycles. The molecule has 150 valence electrons. The average Bonchev–Trinajstić information content (AvgIpc) is 3.25. The van der Waals surface area contributed by atoms with E-state index in [1.54, 1.807) is 25.7 Å². The summed E-state index contributed by atoms with van der Waals surface area (Å²) in [6.45, 7) is 7.96. The third kappa shape index (κ3) is 5.21. The number of aryl methyl sites for hydroxylation is 1. The lowest BCUT2D eigenvalue weighted by Crippen LogP contribution is -2.36. The molecule has 0 bridgehead atoms. The van der Waals surface area contributed by atoms with Crippen molar-refractivity contribution < 1.29 is 19.1 Å². The maximum absolute atomic E-state index is 12.8. The van der Waals surface area contributed by atoms with Gasteiger partial charge >= 0.3 is 5.97 Å². The lowest BCUT2D eigenvalue weighted by molar-refractivity contribution is -0.130. The van der Waals surface area contributed by atoms with Crippen molar-refractivity contribution in [3.8, 4) is 0 Å². The molecule has 27 heavy (non-hydrogen) atoms. The highest BCUT2D eigenvalue weighted by molar-refractivity contribution is 6.04. The molecule has 0 unspecified atom stereocenters. The average molecular weight is 376 g/mol. The molecule has 0 saturated heterocycles. The first kappa shape index (κ1) is 21.2. The van der Waals surface area contributed by atoms with Crippen LogP contribution < -0.4 is 0 Å². The van der Waals surface area contributed by atoms with Crippen LogP contribution in [0.2, 0.25) is 0 Å². The summed E-state index contributed by atoms with van der Waals surface area (Å²) in [5.74, 6) is 0.0869. The van der Waals surface area contributed by atoms with Gasteiger partial charge in [0.25, 0.3) is 0 Å². The zero-order valence-electron chi connectivity index (χ0n) is 17.0. The van der Waals surface area contributed by atoms with E-state index in [4.69, 9.17) is 4.74 Å². The Labute approximate surface area is 161 Å². The van der Waals surface area contributed by atoms with Crippen LogP contribution in [-0.4, -0.2) is 47.2 Å². The minimum absolute atomic E-state index is 0.0363. The summed E-state index contributed by atoms with van der Waals surface area (Å²) in [6, 6.07) is 0. The second-order valence-corrected chi connectivity index (χ2v) is 7.37. The summed E-state index contributed by atoms with van der Waals surface area (Å²) in [4.78, 5) is 42.0. The zero-order valence-corrected chi connectivity index (χ0v) is 17.0. The van der Waals surface area contributed by atoms with E-state index in [0.29, 0.717) is 41.4 Å². The van der Waals surface area contributed by atoms with Gasteiger partial charge in [0.05, 0.1) is 13.2 Å². The number of ketones is 1. The van der Waals surface area contributed by atoms with Crippen molar-refractivity contribution in [1.29, 1.82) is 0 Å². The van der Waals surface area contributed by atoms with Crippen LogP contribution in [0.1, 0.15) is 84.5 Å². The molecule has 1 amide bonds. The highest BCUT2D eigenvalue weighted by Gasteiger charge is 2.25. The number of ether oxygens (including phenoxy) is 1. The van der Waals surface area contributed by atoms with Crippen LogP contribution >= 0.6 is 0 Å². The first-order valence-corrected chi connectivity index (χ1v) is 10.1. The molecule has 1 aliphatic carbocycles. The van der Waals surface area contributed by atoms with Crippen molar-refractivity contribution in [2.75, 3.05) is 19.7 Å². The number of amides is 1. The maximum atomic E-state index is 12.8. The van der Waals surface area contributed by atoms with E-state index >= 15 is 0 Å². The molecule has 1 saturated carbocycles. The van der Waals surface area contributed by atoms with Gasteiger partial charge in [-0.25, -0.2) is 4.79 Å². The van der Waals surface area contributed by atoms with Crippen LogP contribution in [0.3, 0.4) is 0 Å². The van der Waals surface area contributed by atoms with E-state index in [0.717, 1.165) is 6.42 Å². The van der Waals surface area contributed by atoms with Crippen molar-refractivity contribution >= 4 is 17.7 Å². The van der Waals surface area contributed by atoms with Crippen LogP contribution in [0, 0.1) is 19.8 Å². The first-order valence-electron chi connectivity index (χ1n) is 10.1. The molecule has 0 radical (unpaired) electrons. The molecular formula is C21H32N2O4. The van der Waals surface area contributed by atoms with Crippen molar-refractivity contribution in [3.05, 3.63) is 22.5 Å². The third-order valence-corrected chi connectivity index (χ3v) is 5.51. The number of carbonyl (C=O) groups excluding carboxylic acids is 3. The van der Waals surface area contributed by atoms with Crippen molar-refractivity contribution in [2.24, 2.45) is 5.92 Å². The molecule has 2 rings (SSSR count). The fourth-order valence-electron chi connectivity index (χ4n) is 3.99. The normalized spacial score (nSPS) is 14.4. The summed E-state index contributed by atoms with van der Waals surface area (Å²) in [6.07, 6.45) is 6.39. The van der Waals surface area contributed by atoms with Gasteiger partial charge in [0.2, 0.25) is 5.91 Å². The Balaban J connectivity index is 2.03. The predicted octanol–water partition coefficient (Wildman–Crippen LogP) is 3.81. The monoisotopic (exact) mass is 376 g/mol. The van der Waals surface area contributed by atoms with Gasteiger partial charge in [-0.3, -0.25) is 9.59 Å². The number of esters is 1. The molecule has 1 aromatic rings. The highest BCUT2D eigenvalue weighted by Crippen LogP contribution is 2.28. The zero-order chi connectivity index (χ0) is 20.0. The second-order valence-electron chi connectivity index (χ2n) is 7.37. The molecule has 6 heteroatoms. The number of Topliss-reactive ketones (excluding diaryl/α,β-unsaturated/α-hetero) is 1. The largest absolute Gasteiger partial charge is 0.461 e. The Bertz CT molecular complexity index is 687. The number of aromatic nitrogens is 1. The van der Waals surface area contributed by atoms with Crippen LogP contribution in [0.5, 0.6) is 0 Å². The summed E-state index contributed by atoms with van der Waals surface area (Å²) in [7, 11) is 0. The summed E-state index contributed by atoms with van der Waals surface area (Å²) in [5.41, 5.74) is 2.02. The Morgan fingerprint density at radius 2 is 1.81 bits per heavy atom. The molecule has 1 aromatic heterocycles. The van der Waals surface area contributed by atoms with Crippen LogP contribution in [0.4, 0.5) is 0 Å². The number of carbonyl (C=O) groups is 3. The van der Waals surface area contributed by atoms with Gasteiger partial charge in [0, 0.05) is 24.2 Å². The van der Waals surface area contributed by atoms with Gasteiger partial charge in [-0.2, -0.15) is 0 Å². The number of aromatic amines is 1. The van der Waals surface area contributed by atoms with E-state index in [1.165, 1.54) is 25.7 Å². The predicted molar refractivity (Wildman–Crippen MR) is 104 cm³/mol. The molecule has 6 nitrogen and oxygen atoms in total. The summed E-state index contributed by atoms with van der Waals surface area (Å²) >= 11 is 0. The molecule has 0 spiro atoms.